The lowest BCUT2D eigenvalue weighted by atomic mass is 10.1. The molecule has 0 spiro atoms. The van der Waals surface area contributed by atoms with Gasteiger partial charge in [0.15, 0.2) is 0 Å². The number of nitrogens with zero attached hydrogens (tertiary/aromatic N) is 2. The minimum absolute atomic E-state index is 0.280. The van der Waals surface area contributed by atoms with E-state index in [4.69, 9.17) is 4.74 Å². The summed E-state index contributed by atoms with van der Waals surface area (Å²) in [6.07, 6.45) is 2.60. The van der Waals surface area contributed by atoms with Crippen molar-refractivity contribution in [1.82, 2.24) is 4.98 Å². The average molecular weight is 239 g/mol. The van der Waals surface area contributed by atoms with Crippen molar-refractivity contribution in [3.63, 3.8) is 0 Å². The highest BCUT2D eigenvalue weighted by Gasteiger charge is 2.18. The van der Waals surface area contributed by atoms with Gasteiger partial charge in [-0.3, -0.25) is 4.98 Å². The number of hydrogen-bond donors (Lipinski definition) is 1. The highest BCUT2D eigenvalue weighted by Crippen LogP contribution is 2.27. The topological polar surface area (TPSA) is 57.9 Å². The van der Waals surface area contributed by atoms with Gasteiger partial charge in [0.2, 0.25) is 0 Å². The number of rotatable bonds is 2. The molecule has 1 atom stereocenters. The maximum Gasteiger partial charge on any atom is 0.103 e. The summed E-state index contributed by atoms with van der Waals surface area (Å²) in [5.41, 5.74) is 2.36. The molecule has 18 heavy (non-hydrogen) atoms. The Morgan fingerprint density at radius 2 is 2.28 bits per heavy atom. The van der Waals surface area contributed by atoms with Crippen LogP contribution in [0.15, 0.2) is 30.5 Å². The van der Waals surface area contributed by atoms with Crippen molar-refractivity contribution in [1.29, 1.82) is 5.26 Å². The van der Waals surface area contributed by atoms with Crippen LogP contribution in [0.3, 0.4) is 0 Å². The van der Waals surface area contributed by atoms with E-state index in [-0.39, 0.29) is 6.04 Å². The SMILES string of the molecule is N#Cc1cnc2ccccc2c1NC1CCOC1. The minimum atomic E-state index is 0.280. The van der Waals surface area contributed by atoms with Crippen molar-refractivity contribution in [3.8, 4) is 6.07 Å². The number of ether oxygens (including phenoxy) is 1. The molecule has 0 bridgehead atoms. The maximum absolute atomic E-state index is 9.19. The summed E-state index contributed by atoms with van der Waals surface area (Å²) in [5, 5.41) is 13.6. The number of aromatic nitrogens is 1. The molecule has 4 heteroatoms. The molecule has 0 aliphatic carbocycles. The van der Waals surface area contributed by atoms with Gasteiger partial charge in [-0.2, -0.15) is 5.26 Å². The van der Waals surface area contributed by atoms with E-state index < -0.39 is 0 Å². The summed E-state index contributed by atoms with van der Waals surface area (Å²) in [5.74, 6) is 0. The molecule has 2 aromatic rings. The molecule has 1 aliphatic heterocycles. The Morgan fingerprint density at radius 1 is 1.39 bits per heavy atom. The average Bonchev–Trinajstić information content (AvgIpc) is 2.92. The number of fused-ring (bicyclic) bond motifs is 1. The largest absolute Gasteiger partial charge is 0.379 e. The van der Waals surface area contributed by atoms with Gasteiger partial charge in [-0.05, 0) is 12.5 Å². The van der Waals surface area contributed by atoms with Gasteiger partial charge in [-0.25, -0.2) is 0 Å². The van der Waals surface area contributed by atoms with E-state index in [1.54, 1.807) is 6.20 Å². The number of pyridine rings is 1. The van der Waals surface area contributed by atoms with Crippen LogP contribution in [0.4, 0.5) is 5.69 Å². The van der Waals surface area contributed by atoms with Crippen molar-refractivity contribution in [3.05, 3.63) is 36.0 Å². The second-order valence-electron chi connectivity index (χ2n) is 4.38. The van der Waals surface area contributed by atoms with Gasteiger partial charge >= 0.3 is 0 Å². The molecule has 1 aromatic heterocycles. The van der Waals surface area contributed by atoms with Gasteiger partial charge in [0, 0.05) is 18.2 Å². The first kappa shape index (κ1) is 11.0. The van der Waals surface area contributed by atoms with Crippen LogP contribution in [0.1, 0.15) is 12.0 Å². The van der Waals surface area contributed by atoms with E-state index in [1.807, 2.05) is 24.3 Å². The van der Waals surface area contributed by atoms with Crippen molar-refractivity contribution >= 4 is 16.6 Å². The highest BCUT2D eigenvalue weighted by molar-refractivity contribution is 5.93. The molecule has 0 saturated carbocycles. The number of nitrogens with one attached hydrogen (secondary N) is 1. The van der Waals surface area contributed by atoms with Crippen molar-refractivity contribution < 1.29 is 4.74 Å². The maximum atomic E-state index is 9.19. The zero-order chi connectivity index (χ0) is 12.4. The lowest BCUT2D eigenvalue weighted by Gasteiger charge is -2.15. The van der Waals surface area contributed by atoms with E-state index in [0.717, 1.165) is 29.6 Å². The molecule has 2 heterocycles. The lowest BCUT2D eigenvalue weighted by Crippen LogP contribution is -2.19. The number of hydrogen-bond acceptors (Lipinski definition) is 4. The Labute approximate surface area is 105 Å². The molecule has 0 amide bonds. The molecular weight excluding hydrogens is 226 g/mol. The zero-order valence-corrected chi connectivity index (χ0v) is 9.89. The van der Waals surface area contributed by atoms with Crippen LogP contribution in [0.2, 0.25) is 0 Å². The molecular formula is C14H13N3O. The minimum Gasteiger partial charge on any atom is -0.379 e. The van der Waals surface area contributed by atoms with Crippen molar-refractivity contribution in [2.75, 3.05) is 18.5 Å². The smallest absolute Gasteiger partial charge is 0.103 e. The molecule has 4 nitrogen and oxygen atoms in total. The van der Waals surface area contributed by atoms with Crippen LogP contribution in [-0.4, -0.2) is 24.2 Å². The Morgan fingerprint density at radius 3 is 3.06 bits per heavy atom. The van der Waals surface area contributed by atoms with Gasteiger partial charge in [0.05, 0.1) is 29.4 Å². The summed E-state index contributed by atoms with van der Waals surface area (Å²) < 4.78 is 5.35. The fourth-order valence-corrected chi connectivity index (χ4v) is 2.23. The third-order valence-electron chi connectivity index (χ3n) is 3.17. The second kappa shape index (κ2) is 4.63. The highest BCUT2D eigenvalue weighted by atomic mass is 16.5. The number of anilines is 1. The fraction of sp³-hybridized carbons (Fsp3) is 0.286. The van der Waals surface area contributed by atoms with Crippen LogP contribution < -0.4 is 5.32 Å². The zero-order valence-electron chi connectivity index (χ0n) is 9.89. The number of benzene rings is 1. The van der Waals surface area contributed by atoms with Crippen molar-refractivity contribution in [2.24, 2.45) is 0 Å². The Hall–Kier alpha value is -2.12. The van der Waals surface area contributed by atoms with Crippen LogP contribution in [-0.2, 0) is 4.74 Å². The third-order valence-corrected chi connectivity index (χ3v) is 3.17. The molecule has 1 aliphatic rings. The molecule has 1 fully saturated rings. The summed E-state index contributed by atoms with van der Waals surface area (Å²) in [6, 6.07) is 10.3. The normalized spacial score (nSPS) is 18.7. The first-order valence-electron chi connectivity index (χ1n) is 6.00. The van der Waals surface area contributed by atoms with Crippen molar-refractivity contribution in [2.45, 2.75) is 12.5 Å². The summed E-state index contributed by atoms with van der Waals surface area (Å²) in [4.78, 5) is 4.29. The van der Waals surface area contributed by atoms with Gasteiger partial charge in [-0.15, -0.1) is 0 Å². The van der Waals surface area contributed by atoms with Gasteiger partial charge in [0.1, 0.15) is 6.07 Å². The van der Waals surface area contributed by atoms with E-state index in [1.165, 1.54) is 0 Å². The Kier molecular flexibility index (Phi) is 2.83. The van der Waals surface area contributed by atoms with Gasteiger partial charge in [-0.1, -0.05) is 18.2 Å². The first-order chi connectivity index (χ1) is 8.88. The molecule has 1 unspecified atom stereocenters. The fourth-order valence-electron chi connectivity index (χ4n) is 2.23. The van der Waals surface area contributed by atoms with Gasteiger partial charge in [0.25, 0.3) is 0 Å². The molecule has 90 valence electrons. The second-order valence-corrected chi connectivity index (χ2v) is 4.38. The predicted octanol–water partition coefficient (Wildman–Crippen LogP) is 2.31. The summed E-state index contributed by atoms with van der Waals surface area (Å²) in [6.45, 7) is 1.48. The van der Waals surface area contributed by atoms with Crippen LogP contribution in [0, 0.1) is 11.3 Å². The van der Waals surface area contributed by atoms with E-state index in [2.05, 4.69) is 16.4 Å². The third kappa shape index (κ3) is 1.89. The van der Waals surface area contributed by atoms with E-state index in [0.29, 0.717) is 12.2 Å². The van der Waals surface area contributed by atoms with Gasteiger partial charge < -0.3 is 10.1 Å². The molecule has 1 aromatic carbocycles. The quantitative estimate of drug-likeness (QED) is 0.873. The molecule has 0 radical (unpaired) electrons. The van der Waals surface area contributed by atoms with E-state index in [9.17, 15) is 5.26 Å². The Bertz CT molecular complexity index is 612. The monoisotopic (exact) mass is 239 g/mol. The standard InChI is InChI=1S/C14H13N3O/c15-7-10-8-16-13-4-2-1-3-12(13)14(10)17-11-5-6-18-9-11/h1-4,8,11H,5-6,9H2,(H,16,17). The number of nitriles is 1. The number of para-hydroxylation sites is 1. The van der Waals surface area contributed by atoms with Crippen LogP contribution in [0.5, 0.6) is 0 Å². The molecule has 1 N–H and O–H groups in total. The van der Waals surface area contributed by atoms with E-state index >= 15 is 0 Å². The lowest BCUT2D eigenvalue weighted by molar-refractivity contribution is 0.195. The molecule has 1 saturated heterocycles. The molecule has 3 rings (SSSR count). The summed E-state index contributed by atoms with van der Waals surface area (Å²) >= 11 is 0. The summed E-state index contributed by atoms with van der Waals surface area (Å²) in [7, 11) is 0. The first-order valence-corrected chi connectivity index (χ1v) is 6.00. The van der Waals surface area contributed by atoms with Crippen LogP contribution >= 0.6 is 0 Å². The van der Waals surface area contributed by atoms with Crippen LogP contribution in [0.25, 0.3) is 10.9 Å². The Balaban J connectivity index is 2.08. The predicted molar refractivity (Wildman–Crippen MR) is 69.3 cm³/mol.